The molecule has 1 amide bonds. The van der Waals surface area contributed by atoms with Crippen molar-refractivity contribution in [3.05, 3.63) is 59.9 Å². The first-order valence-electron chi connectivity index (χ1n) is 6.17. The predicted molar refractivity (Wildman–Crippen MR) is 81.8 cm³/mol. The average molecular weight is 297 g/mol. The van der Waals surface area contributed by atoms with Crippen LogP contribution < -0.4 is 10.6 Å². The van der Waals surface area contributed by atoms with Gasteiger partial charge < -0.3 is 10.6 Å². The Morgan fingerprint density at radius 1 is 1.05 bits per heavy atom. The summed E-state index contributed by atoms with van der Waals surface area (Å²) < 4.78 is 0. The molecule has 3 aromatic rings. The minimum absolute atomic E-state index is 0.250. The lowest BCUT2D eigenvalue weighted by molar-refractivity contribution is 0.102. The summed E-state index contributed by atoms with van der Waals surface area (Å²) in [5.74, 6) is 0.196. The lowest BCUT2D eigenvalue weighted by Gasteiger charge is -2.02. The molecule has 0 unspecified atom stereocenters. The monoisotopic (exact) mass is 297 g/mol. The highest BCUT2D eigenvalue weighted by molar-refractivity contribution is 7.14. The SMILES string of the molecule is O=C(Nc1ccccc1)c1csc(Nc2ncccn2)n1. The third-order valence-corrected chi connectivity index (χ3v) is 3.31. The van der Waals surface area contributed by atoms with Crippen LogP contribution in [0.25, 0.3) is 0 Å². The van der Waals surface area contributed by atoms with Crippen molar-refractivity contribution < 1.29 is 4.79 Å². The molecule has 0 spiro atoms. The Morgan fingerprint density at radius 2 is 1.81 bits per heavy atom. The molecule has 2 aromatic heterocycles. The number of hydrogen-bond acceptors (Lipinski definition) is 6. The van der Waals surface area contributed by atoms with Crippen molar-refractivity contribution in [3.63, 3.8) is 0 Å². The van der Waals surface area contributed by atoms with E-state index in [0.29, 0.717) is 16.8 Å². The number of aromatic nitrogens is 3. The van der Waals surface area contributed by atoms with Gasteiger partial charge in [-0.2, -0.15) is 0 Å². The van der Waals surface area contributed by atoms with Crippen molar-refractivity contribution in [3.8, 4) is 0 Å². The van der Waals surface area contributed by atoms with Gasteiger partial charge in [0.2, 0.25) is 5.95 Å². The Morgan fingerprint density at radius 3 is 2.57 bits per heavy atom. The molecule has 0 aliphatic carbocycles. The maximum atomic E-state index is 12.1. The Kier molecular flexibility index (Phi) is 3.83. The van der Waals surface area contributed by atoms with Gasteiger partial charge in [-0.05, 0) is 18.2 Å². The second kappa shape index (κ2) is 6.10. The zero-order chi connectivity index (χ0) is 14.5. The van der Waals surface area contributed by atoms with Crippen molar-refractivity contribution in [2.24, 2.45) is 0 Å². The Balaban J connectivity index is 1.68. The Hall–Kier alpha value is -2.80. The van der Waals surface area contributed by atoms with Gasteiger partial charge in [0, 0.05) is 23.5 Å². The first-order chi connectivity index (χ1) is 10.3. The summed E-state index contributed by atoms with van der Waals surface area (Å²) in [6, 6.07) is 11.0. The number of amides is 1. The van der Waals surface area contributed by atoms with E-state index in [1.165, 1.54) is 11.3 Å². The molecule has 6 nitrogen and oxygen atoms in total. The molecular formula is C14H11N5OS. The fraction of sp³-hybridized carbons (Fsp3) is 0. The van der Waals surface area contributed by atoms with Gasteiger partial charge >= 0.3 is 0 Å². The number of thiazole rings is 1. The molecule has 3 rings (SSSR count). The first kappa shape index (κ1) is 13.2. The van der Waals surface area contributed by atoms with Gasteiger partial charge in [0.05, 0.1) is 0 Å². The Labute approximate surface area is 124 Å². The molecule has 2 N–H and O–H groups in total. The molecule has 0 atom stereocenters. The molecule has 2 heterocycles. The highest BCUT2D eigenvalue weighted by atomic mass is 32.1. The van der Waals surface area contributed by atoms with Crippen LogP contribution in [0, 0.1) is 0 Å². The summed E-state index contributed by atoms with van der Waals surface area (Å²) in [6.45, 7) is 0. The third kappa shape index (κ3) is 3.40. The largest absolute Gasteiger partial charge is 0.321 e. The van der Waals surface area contributed by atoms with Crippen molar-refractivity contribution in [2.45, 2.75) is 0 Å². The number of para-hydroxylation sites is 1. The van der Waals surface area contributed by atoms with Gasteiger partial charge in [0.15, 0.2) is 5.13 Å². The van der Waals surface area contributed by atoms with E-state index in [4.69, 9.17) is 0 Å². The van der Waals surface area contributed by atoms with E-state index in [9.17, 15) is 4.79 Å². The number of carbonyl (C=O) groups is 1. The van der Waals surface area contributed by atoms with Crippen LogP contribution in [0.15, 0.2) is 54.2 Å². The number of rotatable bonds is 4. The second-order valence-corrected chi connectivity index (χ2v) is 4.91. The summed E-state index contributed by atoms with van der Waals surface area (Å²) in [5, 5.41) is 7.98. The van der Waals surface area contributed by atoms with Crippen LogP contribution in [0.1, 0.15) is 10.5 Å². The number of nitrogens with one attached hydrogen (secondary N) is 2. The topological polar surface area (TPSA) is 79.8 Å². The van der Waals surface area contributed by atoms with E-state index < -0.39 is 0 Å². The average Bonchev–Trinajstić information content (AvgIpc) is 2.98. The summed E-state index contributed by atoms with van der Waals surface area (Å²) in [6.07, 6.45) is 3.26. The molecule has 0 fully saturated rings. The van der Waals surface area contributed by atoms with Gasteiger partial charge in [-0.15, -0.1) is 11.3 Å². The second-order valence-electron chi connectivity index (χ2n) is 4.06. The lowest BCUT2D eigenvalue weighted by Crippen LogP contribution is -2.12. The van der Waals surface area contributed by atoms with Crippen LogP contribution in [-0.2, 0) is 0 Å². The lowest BCUT2D eigenvalue weighted by atomic mass is 10.3. The van der Waals surface area contributed by atoms with Crippen LogP contribution in [-0.4, -0.2) is 20.9 Å². The first-order valence-corrected chi connectivity index (χ1v) is 7.05. The van der Waals surface area contributed by atoms with Gasteiger partial charge in [-0.1, -0.05) is 18.2 Å². The molecular weight excluding hydrogens is 286 g/mol. The quantitative estimate of drug-likeness (QED) is 0.774. The van der Waals surface area contributed by atoms with Crippen molar-refractivity contribution >= 4 is 34.0 Å². The zero-order valence-electron chi connectivity index (χ0n) is 10.9. The molecule has 21 heavy (non-hydrogen) atoms. The van der Waals surface area contributed by atoms with Crippen molar-refractivity contribution in [1.82, 2.24) is 15.0 Å². The van der Waals surface area contributed by atoms with Gasteiger partial charge in [-0.25, -0.2) is 15.0 Å². The van der Waals surface area contributed by atoms with Gasteiger partial charge in [0.1, 0.15) is 5.69 Å². The normalized spacial score (nSPS) is 10.1. The summed E-state index contributed by atoms with van der Waals surface area (Å²) in [4.78, 5) is 24.4. The maximum absolute atomic E-state index is 12.1. The third-order valence-electron chi connectivity index (χ3n) is 2.55. The molecule has 104 valence electrons. The van der Waals surface area contributed by atoms with Gasteiger partial charge in [-0.3, -0.25) is 4.79 Å². The smallest absolute Gasteiger partial charge is 0.275 e. The molecule has 0 radical (unpaired) electrons. The maximum Gasteiger partial charge on any atom is 0.275 e. The van der Waals surface area contributed by atoms with E-state index in [1.807, 2.05) is 30.3 Å². The fourth-order valence-corrected chi connectivity index (χ4v) is 2.30. The Bertz CT molecular complexity index is 729. The van der Waals surface area contributed by atoms with E-state index >= 15 is 0 Å². The fourth-order valence-electron chi connectivity index (χ4n) is 1.61. The molecule has 0 saturated heterocycles. The standard InChI is InChI=1S/C14H11N5OS/c20-12(17-10-5-2-1-3-6-10)11-9-21-14(18-11)19-13-15-7-4-8-16-13/h1-9H,(H,17,20)(H,15,16,18,19). The molecule has 0 saturated carbocycles. The minimum Gasteiger partial charge on any atom is -0.321 e. The summed E-state index contributed by atoms with van der Waals surface area (Å²) in [5.41, 5.74) is 1.08. The van der Waals surface area contributed by atoms with Crippen LogP contribution >= 0.6 is 11.3 Å². The number of benzene rings is 1. The van der Waals surface area contributed by atoms with Crippen molar-refractivity contribution in [1.29, 1.82) is 0 Å². The predicted octanol–water partition coefficient (Wildman–Crippen LogP) is 2.93. The van der Waals surface area contributed by atoms with E-state index in [0.717, 1.165) is 5.69 Å². The zero-order valence-corrected chi connectivity index (χ0v) is 11.7. The molecule has 1 aromatic carbocycles. The number of anilines is 3. The van der Waals surface area contributed by atoms with E-state index in [-0.39, 0.29) is 5.91 Å². The number of hydrogen-bond donors (Lipinski definition) is 2. The van der Waals surface area contributed by atoms with Crippen molar-refractivity contribution in [2.75, 3.05) is 10.6 Å². The van der Waals surface area contributed by atoms with Crippen LogP contribution in [0.2, 0.25) is 0 Å². The highest BCUT2D eigenvalue weighted by Gasteiger charge is 2.11. The van der Waals surface area contributed by atoms with Crippen LogP contribution in [0.4, 0.5) is 16.8 Å². The van der Waals surface area contributed by atoms with Crippen LogP contribution in [0.3, 0.4) is 0 Å². The van der Waals surface area contributed by atoms with E-state index in [2.05, 4.69) is 25.6 Å². The highest BCUT2D eigenvalue weighted by Crippen LogP contribution is 2.19. The van der Waals surface area contributed by atoms with Gasteiger partial charge in [0.25, 0.3) is 5.91 Å². The number of carbonyl (C=O) groups excluding carboxylic acids is 1. The summed E-state index contributed by atoms with van der Waals surface area (Å²) in [7, 11) is 0. The summed E-state index contributed by atoms with van der Waals surface area (Å²) >= 11 is 1.32. The molecule has 0 bridgehead atoms. The molecule has 0 aliphatic heterocycles. The molecule has 0 aliphatic rings. The minimum atomic E-state index is -0.250. The number of nitrogens with zero attached hydrogens (tertiary/aromatic N) is 3. The van der Waals surface area contributed by atoms with E-state index in [1.54, 1.807) is 23.8 Å². The molecule has 7 heteroatoms. The van der Waals surface area contributed by atoms with Crippen LogP contribution in [0.5, 0.6) is 0 Å².